The summed E-state index contributed by atoms with van der Waals surface area (Å²) in [7, 11) is 3.39. The zero-order valence-electron chi connectivity index (χ0n) is 12.2. The molecule has 2 atom stereocenters. The van der Waals surface area contributed by atoms with Gasteiger partial charge in [0.2, 0.25) is 5.91 Å². The molecule has 0 fully saturated rings. The molecule has 0 aromatic carbocycles. The number of carboxylic acid groups (broad SMARTS) is 1. The number of carbonyl (C=O) groups is 4. The van der Waals surface area contributed by atoms with Gasteiger partial charge >= 0.3 is 17.9 Å². The minimum absolute atomic E-state index is 0.350. The van der Waals surface area contributed by atoms with Crippen molar-refractivity contribution < 1.29 is 38.5 Å². The predicted octanol–water partition coefficient (Wildman–Crippen LogP) is -1.20. The summed E-state index contributed by atoms with van der Waals surface area (Å²) >= 11 is 0. The second-order valence-corrected chi connectivity index (χ2v) is 4.20. The van der Waals surface area contributed by atoms with Crippen LogP contribution < -0.4 is 5.32 Å². The van der Waals surface area contributed by atoms with Crippen molar-refractivity contribution >= 4 is 23.8 Å². The Hall–Kier alpha value is -2.16. The molecule has 1 amide bonds. The maximum atomic E-state index is 11.6. The molecule has 0 aliphatic rings. The summed E-state index contributed by atoms with van der Waals surface area (Å²) < 4.78 is 13.5. The molecule has 9 heteroatoms. The first-order valence-electron chi connectivity index (χ1n) is 5.96. The quantitative estimate of drug-likeness (QED) is 0.423. The molecular formula is C12H19NO8. The summed E-state index contributed by atoms with van der Waals surface area (Å²) in [6.07, 6.45) is 0. The number of carbonyl (C=O) groups excluding carboxylic acids is 3. The molecule has 0 aromatic rings. The summed E-state index contributed by atoms with van der Waals surface area (Å²) in [6.45, 7) is 0.974. The van der Waals surface area contributed by atoms with E-state index in [4.69, 9.17) is 5.11 Å². The highest BCUT2D eigenvalue weighted by Gasteiger charge is 2.41. The Morgan fingerprint density at radius 3 is 1.86 bits per heavy atom. The summed E-state index contributed by atoms with van der Waals surface area (Å²) in [4.78, 5) is 46.0. The highest BCUT2D eigenvalue weighted by atomic mass is 16.5. The van der Waals surface area contributed by atoms with Crippen LogP contribution in [0.4, 0.5) is 0 Å². The highest BCUT2D eigenvalue weighted by molar-refractivity contribution is 5.96. The minimum Gasteiger partial charge on any atom is -0.480 e. The third kappa shape index (κ3) is 5.38. The highest BCUT2D eigenvalue weighted by Crippen LogP contribution is 2.19. The molecule has 0 aliphatic heterocycles. The number of esters is 2. The normalized spacial score (nSPS) is 13.2. The average molecular weight is 305 g/mol. The van der Waals surface area contributed by atoms with E-state index in [9.17, 15) is 19.2 Å². The van der Waals surface area contributed by atoms with E-state index in [2.05, 4.69) is 19.5 Å². The fraction of sp³-hybridized carbons (Fsp3) is 0.667. The van der Waals surface area contributed by atoms with E-state index >= 15 is 0 Å². The van der Waals surface area contributed by atoms with Gasteiger partial charge in [0.25, 0.3) is 0 Å². The molecule has 0 unspecified atom stereocenters. The Morgan fingerprint density at radius 2 is 1.52 bits per heavy atom. The van der Waals surface area contributed by atoms with Gasteiger partial charge in [0, 0.05) is 13.0 Å². The van der Waals surface area contributed by atoms with Crippen molar-refractivity contribution in [1.29, 1.82) is 0 Å². The minimum atomic E-state index is -1.48. The molecule has 0 saturated heterocycles. The van der Waals surface area contributed by atoms with Crippen molar-refractivity contribution in [3.63, 3.8) is 0 Å². The predicted molar refractivity (Wildman–Crippen MR) is 68.1 cm³/mol. The molecule has 0 aromatic heterocycles. The zero-order chi connectivity index (χ0) is 16.6. The number of hydrogen-bond acceptors (Lipinski definition) is 7. The summed E-state index contributed by atoms with van der Waals surface area (Å²) in [6, 6.07) is -1.48. The molecule has 21 heavy (non-hydrogen) atoms. The van der Waals surface area contributed by atoms with E-state index in [-0.39, 0.29) is 6.61 Å². The first-order chi connectivity index (χ1) is 9.79. The topological polar surface area (TPSA) is 128 Å². The molecule has 0 heterocycles. The lowest BCUT2D eigenvalue weighted by atomic mass is 9.87. The number of methoxy groups -OCH3 is 3. The Balaban J connectivity index is 5.26. The summed E-state index contributed by atoms with van der Waals surface area (Å²) in [5.41, 5.74) is 0. The number of hydrogen-bond donors (Lipinski definition) is 2. The Labute approximate surface area is 121 Å². The van der Waals surface area contributed by atoms with Crippen molar-refractivity contribution in [3.8, 4) is 0 Å². The molecule has 0 radical (unpaired) electrons. The molecular weight excluding hydrogens is 286 g/mol. The van der Waals surface area contributed by atoms with Crippen LogP contribution in [0.15, 0.2) is 0 Å². The van der Waals surface area contributed by atoms with Gasteiger partial charge in [0.1, 0.15) is 12.6 Å². The van der Waals surface area contributed by atoms with Crippen molar-refractivity contribution in [2.45, 2.75) is 13.0 Å². The van der Waals surface area contributed by atoms with Crippen molar-refractivity contribution in [2.75, 3.05) is 27.9 Å². The molecule has 9 nitrogen and oxygen atoms in total. The van der Waals surface area contributed by atoms with Gasteiger partial charge in [-0.1, -0.05) is 6.92 Å². The van der Waals surface area contributed by atoms with E-state index in [1.54, 1.807) is 0 Å². The Morgan fingerprint density at radius 1 is 1.05 bits per heavy atom. The van der Waals surface area contributed by atoms with Crippen LogP contribution in [0, 0.1) is 11.8 Å². The maximum absolute atomic E-state index is 11.6. The second kappa shape index (κ2) is 8.90. The van der Waals surface area contributed by atoms with E-state index in [0.29, 0.717) is 0 Å². The van der Waals surface area contributed by atoms with Gasteiger partial charge in [-0.25, -0.2) is 4.79 Å². The zero-order valence-corrected chi connectivity index (χ0v) is 12.2. The maximum Gasteiger partial charge on any atom is 0.326 e. The van der Waals surface area contributed by atoms with Crippen LogP contribution in [0.25, 0.3) is 0 Å². The lowest BCUT2D eigenvalue weighted by Gasteiger charge is -2.25. The fourth-order valence-electron chi connectivity index (χ4n) is 1.74. The van der Waals surface area contributed by atoms with Crippen LogP contribution in [-0.2, 0) is 33.4 Å². The van der Waals surface area contributed by atoms with E-state index in [0.717, 1.165) is 14.2 Å². The lowest BCUT2D eigenvalue weighted by molar-refractivity contribution is -0.163. The average Bonchev–Trinajstić information content (AvgIpc) is 2.44. The third-order valence-corrected chi connectivity index (χ3v) is 2.82. The molecule has 120 valence electrons. The first-order valence-corrected chi connectivity index (χ1v) is 5.96. The number of aliphatic carboxylic acids is 1. The van der Waals surface area contributed by atoms with Crippen LogP contribution in [0.3, 0.4) is 0 Å². The standard InChI is InChI=1S/C12H19NO8/c1-6(8(11(17)20-3)12(18)21-4)9(10(15)16)13-7(14)5-19-2/h6,8-9H,5H2,1-4H3,(H,13,14)(H,15,16)/t6-,9+/m1/s1. The van der Waals surface area contributed by atoms with Crippen LogP contribution >= 0.6 is 0 Å². The molecule has 0 rings (SSSR count). The van der Waals surface area contributed by atoms with Gasteiger partial charge in [-0.15, -0.1) is 0 Å². The smallest absolute Gasteiger partial charge is 0.326 e. The second-order valence-electron chi connectivity index (χ2n) is 4.20. The largest absolute Gasteiger partial charge is 0.480 e. The van der Waals surface area contributed by atoms with Crippen LogP contribution in [0.2, 0.25) is 0 Å². The van der Waals surface area contributed by atoms with Crippen molar-refractivity contribution in [1.82, 2.24) is 5.32 Å². The molecule has 0 aliphatic carbocycles. The molecule has 0 spiro atoms. The van der Waals surface area contributed by atoms with Crippen LogP contribution in [0.1, 0.15) is 6.92 Å². The third-order valence-electron chi connectivity index (χ3n) is 2.82. The molecule has 2 N–H and O–H groups in total. The monoisotopic (exact) mass is 305 g/mol. The van der Waals surface area contributed by atoms with Gasteiger partial charge < -0.3 is 24.6 Å². The SMILES string of the molecule is COCC(=O)N[C@H](C(=O)O)[C@H](C)C(C(=O)OC)C(=O)OC. The van der Waals surface area contributed by atoms with Gasteiger partial charge in [-0.3, -0.25) is 14.4 Å². The lowest BCUT2D eigenvalue weighted by Crippen LogP contribution is -2.51. The van der Waals surface area contributed by atoms with Gasteiger partial charge in [-0.05, 0) is 0 Å². The van der Waals surface area contributed by atoms with Gasteiger partial charge in [0.05, 0.1) is 14.2 Å². The number of amides is 1. The number of rotatable bonds is 8. The Bertz CT molecular complexity index is 392. The van der Waals surface area contributed by atoms with E-state index in [1.807, 2.05) is 0 Å². The summed E-state index contributed by atoms with van der Waals surface area (Å²) in [5, 5.41) is 11.3. The van der Waals surface area contributed by atoms with Crippen molar-refractivity contribution in [2.24, 2.45) is 11.8 Å². The van der Waals surface area contributed by atoms with Crippen molar-refractivity contribution in [3.05, 3.63) is 0 Å². The van der Waals surface area contributed by atoms with Crippen LogP contribution in [-0.4, -0.2) is 62.9 Å². The first kappa shape index (κ1) is 18.8. The van der Waals surface area contributed by atoms with E-state index in [1.165, 1.54) is 14.0 Å². The fourth-order valence-corrected chi connectivity index (χ4v) is 1.74. The molecule has 0 bridgehead atoms. The molecule has 0 saturated carbocycles. The Kier molecular flexibility index (Phi) is 7.99. The van der Waals surface area contributed by atoms with Crippen LogP contribution in [0.5, 0.6) is 0 Å². The van der Waals surface area contributed by atoms with Gasteiger partial charge in [0.15, 0.2) is 5.92 Å². The number of carboxylic acids is 1. The van der Waals surface area contributed by atoms with E-state index < -0.39 is 41.7 Å². The number of ether oxygens (including phenoxy) is 3. The van der Waals surface area contributed by atoms with Gasteiger partial charge in [-0.2, -0.15) is 0 Å². The number of nitrogens with one attached hydrogen (secondary N) is 1. The summed E-state index contributed by atoms with van der Waals surface area (Å²) in [5.74, 6) is -6.52.